The first-order chi connectivity index (χ1) is 8.20. The van der Waals surface area contributed by atoms with Crippen LogP contribution in [-0.4, -0.2) is 23.0 Å². The Kier molecular flexibility index (Phi) is 4.51. The van der Waals surface area contributed by atoms with E-state index < -0.39 is 23.9 Å². The van der Waals surface area contributed by atoms with E-state index in [2.05, 4.69) is 0 Å². The van der Waals surface area contributed by atoms with Crippen LogP contribution in [0.15, 0.2) is 18.2 Å². The summed E-state index contributed by atoms with van der Waals surface area (Å²) in [6.45, 7) is -0.813. The lowest BCUT2D eigenvalue weighted by atomic mass is 9.93. The van der Waals surface area contributed by atoms with Gasteiger partial charge in [-0.1, -0.05) is 35.0 Å². The van der Waals surface area contributed by atoms with Gasteiger partial charge in [0, 0.05) is 15.6 Å². The van der Waals surface area contributed by atoms with Gasteiger partial charge < -0.3 is 10.2 Å². The second kappa shape index (κ2) is 5.37. The van der Waals surface area contributed by atoms with Gasteiger partial charge in [0.1, 0.15) is 6.61 Å². The van der Waals surface area contributed by atoms with Crippen molar-refractivity contribution in [3.8, 4) is 11.8 Å². The molecule has 0 aliphatic rings. The minimum atomic E-state index is -5.05. The highest BCUT2D eigenvalue weighted by molar-refractivity contribution is 6.34. The molecule has 1 rings (SSSR count). The van der Waals surface area contributed by atoms with Crippen molar-refractivity contribution < 1.29 is 23.4 Å². The Morgan fingerprint density at radius 1 is 1.11 bits per heavy atom. The van der Waals surface area contributed by atoms with Gasteiger partial charge in [0.15, 0.2) is 0 Å². The van der Waals surface area contributed by atoms with Crippen molar-refractivity contribution in [2.45, 2.75) is 11.8 Å². The molecule has 0 spiro atoms. The largest absolute Gasteiger partial charge is 0.433 e. The summed E-state index contributed by atoms with van der Waals surface area (Å²) in [7, 11) is 0. The van der Waals surface area contributed by atoms with Gasteiger partial charge in [0.2, 0.25) is 5.60 Å². The highest BCUT2D eigenvalue weighted by Crippen LogP contribution is 2.40. The average molecular weight is 299 g/mol. The Morgan fingerprint density at radius 3 is 2.00 bits per heavy atom. The van der Waals surface area contributed by atoms with E-state index in [9.17, 15) is 18.3 Å². The molecule has 1 aromatic carbocycles. The number of alkyl halides is 3. The van der Waals surface area contributed by atoms with Gasteiger partial charge in [0.25, 0.3) is 0 Å². The maximum atomic E-state index is 12.9. The van der Waals surface area contributed by atoms with Crippen molar-refractivity contribution in [1.29, 1.82) is 0 Å². The Labute approximate surface area is 111 Å². The van der Waals surface area contributed by atoms with Crippen LogP contribution in [0.1, 0.15) is 5.56 Å². The number of hydrogen-bond donors (Lipinski definition) is 2. The summed E-state index contributed by atoms with van der Waals surface area (Å²) >= 11 is 11.2. The maximum absolute atomic E-state index is 12.9. The van der Waals surface area contributed by atoms with Crippen LogP contribution in [0.4, 0.5) is 13.2 Å². The minimum Gasteiger partial charge on any atom is -0.384 e. The van der Waals surface area contributed by atoms with Crippen molar-refractivity contribution in [2.75, 3.05) is 6.61 Å². The first kappa shape index (κ1) is 15.1. The normalized spacial score (nSPS) is 14.6. The highest BCUT2D eigenvalue weighted by atomic mass is 35.5. The Hall–Kier alpha value is -0.930. The molecular weight excluding hydrogens is 292 g/mol. The predicted octanol–water partition coefficient (Wildman–Crippen LogP) is 2.74. The van der Waals surface area contributed by atoms with E-state index in [0.29, 0.717) is 0 Å². The number of rotatable bonds is 1. The second-order valence-corrected chi connectivity index (χ2v) is 4.20. The molecule has 2 nitrogen and oxygen atoms in total. The van der Waals surface area contributed by atoms with Gasteiger partial charge in [-0.2, -0.15) is 13.2 Å². The summed E-state index contributed by atoms with van der Waals surface area (Å²) in [5.41, 5.74) is -4.03. The van der Waals surface area contributed by atoms with Gasteiger partial charge >= 0.3 is 6.18 Å². The fourth-order valence-electron chi connectivity index (χ4n) is 1.24. The van der Waals surface area contributed by atoms with Crippen LogP contribution in [0.3, 0.4) is 0 Å². The fourth-order valence-corrected chi connectivity index (χ4v) is 1.76. The van der Waals surface area contributed by atoms with E-state index in [4.69, 9.17) is 28.3 Å². The molecule has 18 heavy (non-hydrogen) atoms. The second-order valence-electron chi connectivity index (χ2n) is 3.33. The monoisotopic (exact) mass is 298 g/mol. The zero-order valence-corrected chi connectivity index (χ0v) is 10.2. The summed E-state index contributed by atoms with van der Waals surface area (Å²) < 4.78 is 38.6. The third kappa shape index (κ3) is 3.09. The Bertz CT molecular complexity index is 485. The molecule has 0 amide bonds. The molecule has 0 aliphatic heterocycles. The number of halogens is 5. The number of aliphatic hydroxyl groups is 2. The molecular formula is C11H7Cl2F3O2. The van der Waals surface area contributed by atoms with Gasteiger partial charge in [-0.05, 0) is 18.2 Å². The maximum Gasteiger partial charge on any atom is 0.433 e. The fraction of sp³-hybridized carbons (Fsp3) is 0.273. The van der Waals surface area contributed by atoms with E-state index in [1.165, 1.54) is 6.07 Å². The third-order valence-corrected chi connectivity index (χ3v) is 2.48. The Balaban J connectivity index is 3.44. The van der Waals surface area contributed by atoms with Crippen molar-refractivity contribution in [3.05, 3.63) is 33.8 Å². The first-order valence-electron chi connectivity index (χ1n) is 4.57. The van der Waals surface area contributed by atoms with Crippen molar-refractivity contribution >= 4 is 23.2 Å². The molecule has 0 saturated heterocycles. The van der Waals surface area contributed by atoms with Crippen LogP contribution < -0.4 is 0 Å². The summed E-state index contributed by atoms with van der Waals surface area (Å²) in [4.78, 5) is 0. The smallest absolute Gasteiger partial charge is 0.384 e. The van der Waals surface area contributed by atoms with Crippen LogP contribution in [0.2, 0.25) is 10.0 Å². The lowest BCUT2D eigenvalue weighted by Crippen LogP contribution is -2.41. The molecule has 0 radical (unpaired) electrons. The minimum absolute atomic E-state index is 0.0639. The molecule has 0 aliphatic carbocycles. The number of benzene rings is 1. The molecule has 0 fully saturated rings. The number of hydrogen-bond acceptors (Lipinski definition) is 2. The molecule has 1 aromatic rings. The highest BCUT2D eigenvalue weighted by Gasteiger charge is 2.54. The van der Waals surface area contributed by atoms with Crippen molar-refractivity contribution in [3.63, 3.8) is 0 Å². The van der Waals surface area contributed by atoms with Gasteiger partial charge in [-0.3, -0.25) is 0 Å². The van der Waals surface area contributed by atoms with E-state index in [1.807, 2.05) is 0 Å². The van der Waals surface area contributed by atoms with Gasteiger partial charge in [-0.25, -0.2) is 0 Å². The molecule has 7 heteroatoms. The quantitative estimate of drug-likeness (QED) is 0.783. The zero-order valence-electron chi connectivity index (χ0n) is 8.72. The third-order valence-electron chi connectivity index (χ3n) is 2.04. The predicted molar refractivity (Wildman–Crippen MR) is 61.3 cm³/mol. The molecule has 98 valence electrons. The van der Waals surface area contributed by atoms with E-state index in [0.717, 1.165) is 12.1 Å². The molecule has 0 saturated carbocycles. The van der Waals surface area contributed by atoms with Gasteiger partial charge in [-0.15, -0.1) is 0 Å². The topological polar surface area (TPSA) is 40.5 Å². The molecule has 2 N–H and O–H groups in total. The molecule has 0 heterocycles. The van der Waals surface area contributed by atoms with E-state index in [-0.39, 0.29) is 10.0 Å². The van der Waals surface area contributed by atoms with E-state index in [1.54, 1.807) is 11.8 Å². The van der Waals surface area contributed by atoms with Crippen molar-refractivity contribution in [2.24, 2.45) is 0 Å². The summed E-state index contributed by atoms with van der Waals surface area (Å²) in [6.07, 6.45) is -5.05. The molecule has 0 bridgehead atoms. The lowest BCUT2D eigenvalue weighted by molar-refractivity contribution is -0.240. The van der Waals surface area contributed by atoms with Crippen LogP contribution in [0.5, 0.6) is 0 Å². The van der Waals surface area contributed by atoms with Crippen LogP contribution in [0, 0.1) is 11.8 Å². The standard InChI is InChI=1S/C11H7Cl2F3O2/c12-8-4-7(5-9(13)6-8)10(18,2-1-3-17)11(14,15)16/h4-6,17-18H,3H2/t10-/m0/s1. The van der Waals surface area contributed by atoms with Crippen LogP contribution >= 0.6 is 23.2 Å². The van der Waals surface area contributed by atoms with Crippen LogP contribution in [-0.2, 0) is 5.60 Å². The van der Waals surface area contributed by atoms with E-state index >= 15 is 0 Å². The molecule has 1 atom stereocenters. The molecule has 0 aromatic heterocycles. The number of aliphatic hydroxyl groups excluding tert-OH is 1. The summed E-state index contributed by atoms with van der Waals surface area (Å²) in [6, 6.07) is 3.04. The SMILES string of the molecule is OCC#C[C@](O)(c1cc(Cl)cc(Cl)c1)C(F)(F)F. The molecule has 0 unspecified atom stereocenters. The zero-order chi connectivity index (χ0) is 14.0. The summed E-state index contributed by atoms with van der Waals surface area (Å²) in [5.74, 6) is 3.35. The van der Waals surface area contributed by atoms with Gasteiger partial charge in [0.05, 0.1) is 0 Å². The first-order valence-corrected chi connectivity index (χ1v) is 5.33. The van der Waals surface area contributed by atoms with Crippen molar-refractivity contribution in [1.82, 2.24) is 0 Å². The van der Waals surface area contributed by atoms with Crippen LogP contribution in [0.25, 0.3) is 0 Å². The lowest BCUT2D eigenvalue weighted by Gasteiger charge is -2.26. The summed E-state index contributed by atoms with van der Waals surface area (Å²) in [5, 5.41) is 18.0. The average Bonchev–Trinajstić information content (AvgIpc) is 2.22. The Morgan fingerprint density at radius 2 is 1.61 bits per heavy atom.